The fraction of sp³-hybridized carbons (Fsp3) is 0.357. The molecule has 1 rings (SSSR count). The molecule has 0 spiro atoms. The second-order valence-corrected chi connectivity index (χ2v) is 4.30. The van der Waals surface area contributed by atoms with Gasteiger partial charge in [-0.2, -0.15) is 8.78 Å². The lowest BCUT2D eigenvalue weighted by atomic mass is 10.0. The maximum Gasteiger partial charge on any atom is 0.324 e. The number of benzene rings is 1. The number of alkyl halides is 4. The van der Waals surface area contributed by atoms with Crippen molar-refractivity contribution in [1.82, 2.24) is 5.32 Å². The highest BCUT2D eigenvalue weighted by Gasteiger charge is 2.40. The first-order chi connectivity index (χ1) is 9.77. The number of nitrogens with two attached hydrogens (primary N) is 1. The molecule has 3 nitrogen and oxygen atoms in total. The van der Waals surface area contributed by atoms with Crippen molar-refractivity contribution < 1.29 is 22.4 Å². The number of carbonyl (C=O) groups excluding carboxylic acids is 1. The number of hydrogen-bond donors (Lipinski definition) is 2. The summed E-state index contributed by atoms with van der Waals surface area (Å²) in [5.41, 5.74) is 6.27. The van der Waals surface area contributed by atoms with E-state index >= 15 is 0 Å². The zero-order valence-electron chi connectivity index (χ0n) is 11.2. The van der Waals surface area contributed by atoms with Crippen LogP contribution >= 0.6 is 0 Å². The van der Waals surface area contributed by atoms with Crippen LogP contribution in [-0.4, -0.2) is 31.3 Å². The van der Waals surface area contributed by atoms with E-state index in [4.69, 9.17) is 5.73 Å². The number of carbonyl (C=O) groups is 1. The first-order valence-electron chi connectivity index (χ1n) is 6.01. The Morgan fingerprint density at radius 3 is 2.67 bits per heavy atom. The van der Waals surface area contributed by atoms with Crippen LogP contribution in [0.1, 0.15) is 21.5 Å². The van der Waals surface area contributed by atoms with E-state index in [9.17, 15) is 22.4 Å². The maximum absolute atomic E-state index is 12.8. The zero-order chi connectivity index (χ0) is 16.0. The van der Waals surface area contributed by atoms with Crippen molar-refractivity contribution >= 4 is 5.91 Å². The van der Waals surface area contributed by atoms with Gasteiger partial charge in [0.05, 0.1) is 18.7 Å². The van der Waals surface area contributed by atoms with Crippen molar-refractivity contribution in [2.45, 2.75) is 19.3 Å². The van der Waals surface area contributed by atoms with Gasteiger partial charge >= 0.3 is 12.3 Å². The summed E-state index contributed by atoms with van der Waals surface area (Å²) in [4.78, 5) is 11.9. The second kappa shape index (κ2) is 7.09. The monoisotopic (exact) mass is 302 g/mol. The molecule has 7 heteroatoms. The van der Waals surface area contributed by atoms with Gasteiger partial charge in [-0.15, -0.1) is 0 Å². The molecule has 0 aromatic heterocycles. The molecule has 21 heavy (non-hydrogen) atoms. The van der Waals surface area contributed by atoms with Gasteiger partial charge < -0.3 is 11.1 Å². The molecule has 0 heterocycles. The number of halogens is 4. The SMILES string of the molecule is Cc1ccc(C#CCN)c(C(=O)NCC(F)(F)C(F)F)c1. The Hall–Kier alpha value is -2.07. The summed E-state index contributed by atoms with van der Waals surface area (Å²) in [6.45, 7) is 0.324. The van der Waals surface area contributed by atoms with E-state index in [0.717, 1.165) is 0 Å². The third kappa shape index (κ3) is 4.76. The number of aryl methyl sites for hydroxylation is 1. The predicted molar refractivity (Wildman–Crippen MR) is 70.4 cm³/mol. The molecule has 0 saturated heterocycles. The van der Waals surface area contributed by atoms with Crippen LogP contribution in [0.3, 0.4) is 0 Å². The average Bonchev–Trinajstić information content (AvgIpc) is 2.43. The van der Waals surface area contributed by atoms with E-state index in [2.05, 4.69) is 11.8 Å². The van der Waals surface area contributed by atoms with Crippen LogP contribution in [0.2, 0.25) is 0 Å². The van der Waals surface area contributed by atoms with Crippen molar-refractivity contribution in [2.24, 2.45) is 5.73 Å². The van der Waals surface area contributed by atoms with Crippen LogP contribution in [0.15, 0.2) is 18.2 Å². The van der Waals surface area contributed by atoms with E-state index < -0.39 is 24.8 Å². The molecule has 0 aliphatic carbocycles. The summed E-state index contributed by atoms with van der Waals surface area (Å²) in [5.74, 6) is 0.00519. The molecule has 1 aromatic carbocycles. The van der Waals surface area contributed by atoms with Crippen molar-refractivity contribution in [3.63, 3.8) is 0 Å². The van der Waals surface area contributed by atoms with Crippen LogP contribution in [0, 0.1) is 18.8 Å². The third-order valence-corrected chi connectivity index (χ3v) is 2.55. The summed E-state index contributed by atoms with van der Waals surface area (Å²) in [6.07, 6.45) is -3.84. The molecule has 114 valence electrons. The van der Waals surface area contributed by atoms with Gasteiger partial charge in [-0.25, -0.2) is 8.78 Å². The van der Waals surface area contributed by atoms with E-state index in [0.29, 0.717) is 11.1 Å². The van der Waals surface area contributed by atoms with E-state index in [1.165, 1.54) is 12.1 Å². The standard InChI is InChI=1S/C14H14F4N2O/c1-9-4-5-10(3-2-6-19)11(7-9)12(21)20-8-14(17,18)13(15)16/h4-5,7,13H,6,8,19H2,1H3,(H,20,21). The maximum atomic E-state index is 12.8. The number of hydrogen-bond acceptors (Lipinski definition) is 2. The lowest BCUT2D eigenvalue weighted by molar-refractivity contribution is -0.123. The Morgan fingerprint density at radius 2 is 2.10 bits per heavy atom. The van der Waals surface area contributed by atoms with Crippen molar-refractivity contribution in [3.05, 3.63) is 34.9 Å². The highest BCUT2D eigenvalue weighted by atomic mass is 19.3. The topological polar surface area (TPSA) is 55.1 Å². The molecular weight excluding hydrogens is 288 g/mol. The minimum absolute atomic E-state index is 0.0426. The Labute approximate surface area is 119 Å². The fourth-order valence-electron chi connectivity index (χ4n) is 1.47. The number of amides is 1. The van der Waals surface area contributed by atoms with E-state index in [-0.39, 0.29) is 12.1 Å². The van der Waals surface area contributed by atoms with Gasteiger partial charge in [-0.1, -0.05) is 23.5 Å². The van der Waals surface area contributed by atoms with Crippen LogP contribution in [0.5, 0.6) is 0 Å². The Balaban J connectivity index is 2.94. The lowest BCUT2D eigenvalue weighted by Gasteiger charge is -2.16. The quantitative estimate of drug-likeness (QED) is 0.659. The van der Waals surface area contributed by atoms with E-state index in [1.54, 1.807) is 18.3 Å². The first kappa shape index (κ1) is 17.0. The second-order valence-electron chi connectivity index (χ2n) is 4.30. The van der Waals surface area contributed by atoms with Gasteiger partial charge in [0.1, 0.15) is 0 Å². The number of nitrogens with one attached hydrogen (secondary N) is 1. The molecule has 0 atom stereocenters. The largest absolute Gasteiger partial charge is 0.346 e. The molecule has 0 bridgehead atoms. The van der Waals surface area contributed by atoms with Gasteiger partial charge in [-0.3, -0.25) is 4.79 Å². The van der Waals surface area contributed by atoms with Gasteiger partial charge in [0.25, 0.3) is 5.91 Å². The molecule has 0 aliphatic rings. The first-order valence-corrected chi connectivity index (χ1v) is 6.01. The summed E-state index contributed by atoms with van der Waals surface area (Å²) in [5, 5.41) is 1.80. The molecule has 0 radical (unpaired) electrons. The highest BCUT2D eigenvalue weighted by Crippen LogP contribution is 2.21. The normalized spacial score (nSPS) is 11.0. The van der Waals surface area contributed by atoms with E-state index in [1.807, 2.05) is 0 Å². The lowest BCUT2D eigenvalue weighted by Crippen LogP contribution is -2.41. The summed E-state index contributed by atoms with van der Waals surface area (Å²) < 4.78 is 49.7. The Morgan fingerprint density at radius 1 is 1.43 bits per heavy atom. The highest BCUT2D eigenvalue weighted by molar-refractivity contribution is 5.97. The smallest absolute Gasteiger partial charge is 0.324 e. The van der Waals surface area contributed by atoms with Crippen LogP contribution in [0.25, 0.3) is 0 Å². The number of rotatable bonds is 4. The van der Waals surface area contributed by atoms with Crippen LogP contribution < -0.4 is 11.1 Å². The van der Waals surface area contributed by atoms with Crippen LogP contribution in [-0.2, 0) is 0 Å². The zero-order valence-corrected chi connectivity index (χ0v) is 11.2. The third-order valence-electron chi connectivity index (χ3n) is 2.55. The van der Waals surface area contributed by atoms with Gasteiger partial charge in [-0.05, 0) is 19.1 Å². The van der Waals surface area contributed by atoms with Crippen LogP contribution in [0.4, 0.5) is 17.6 Å². The van der Waals surface area contributed by atoms with Gasteiger partial charge in [0, 0.05) is 5.56 Å². The molecule has 0 aliphatic heterocycles. The van der Waals surface area contributed by atoms with Gasteiger partial charge in [0.2, 0.25) is 0 Å². The molecule has 3 N–H and O–H groups in total. The Kier molecular flexibility index (Phi) is 5.73. The summed E-state index contributed by atoms with van der Waals surface area (Å²) in [6, 6.07) is 4.67. The molecule has 0 unspecified atom stereocenters. The van der Waals surface area contributed by atoms with Crippen molar-refractivity contribution in [3.8, 4) is 11.8 Å². The van der Waals surface area contributed by atoms with Crippen molar-refractivity contribution in [1.29, 1.82) is 0 Å². The molecule has 1 amide bonds. The minimum atomic E-state index is -4.28. The average molecular weight is 302 g/mol. The fourth-order valence-corrected chi connectivity index (χ4v) is 1.47. The van der Waals surface area contributed by atoms with Crippen molar-refractivity contribution in [2.75, 3.05) is 13.1 Å². The summed E-state index contributed by atoms with van der Waals surface area (Å²) in [7, 11) is 0. The molecular formula is C14H14F4N2O. The van der Waals surface area contributed by atoms with Gasteiger partial charge in [0.15, 0.2) is 0 Å². The molecule has 1 aromatic rings. The molecule has 0 fully saturated rings. The Bertz CT molecular complexity index is 576. The minimum Gasteiger partial charge on any atom is -0.346 e. The predicted octanol–water partition coefficient (Wildman–Crippen LogP) is 1.94. The molecule has 0 saturated carbocycles. The summed E-state index contributed by atoms with van der Waals surface area (Å²) >= 11 is 0.